The van der Waals surface area contributed by atoms with Gasteiger partial charge in [0.1, 0.15) is 23.3 Å². The van der Waals surface area contributed by atoms with E-state index in [4.69, 9.17) is 14.3 Å². The second kappa shape index (κ2) is 11.9. The third kappa shape index (κ3) is 5.94. The number of ketones is 2. The number of carboxylic acid groups (broad SMARTS) is 1. The normalized spacial score (nSPS) is 14.1. The molecule has 1 heterocycles. The molecule has 1 amide bonds. The summed E-state index contributed by atoms with van der Waals surface area (Å²) in [6.07, 6.45) is 2.98. The molecule has 0 radical (unpaired) electrons. The van der Waals surface area contributed by atoms with Gasteiger partial charge in [0.2, 0.25) is 0 Å². The van der Waals surface area contributed by atoms with Gasteiger partial charge in [0.15, 0.2) is 18.2 Å². The maximum absolute atomic E-state index is 13.8. The molecule has 0 saturated heterocycles. The van der Waals surface area contributed by atoms with Crippen LogP contribution < -0.4 is 10.1 Å². The van der Waals surface area contributed by atoms with Crippen molar-refractivity contribution in [1.29, 1.82) is 0 Å². The molecule has 1 aromatic heterocycles. The van der Waals surface area contributed by atoms with Crippen LogP contribution in [0.4, 0.5) is 5.69 Å². The number of nitro groups is 1. The quantitative estimate of drug-likeness (QED) is 0.128. The number of carbonyl (C=O) groups is 4. The first kappa shape index (κ1) is 29.4. The molecule has 1 aliphatic carbocycles. The second-order valence-corrected chi connectivity index (χ2v) is 11.3. The van der Waals surface area contributed by atoms with Crippen molar-refractivity contribution in [2.45, 2.75) is 25.8 Å². The molecule has 2 aromatic carbocycles. The molecule has 3 aromatic rings. The van der Waals surface area contributed by atoms with Crippen molar-refractivity contribution in [2.75, 3.05) is 6.61 Å². The van der Waals surface area contributed by atoms with E-state index in [1.807, 2.05) is 59.0 Å². The van der Waals surface area contributed by atoms with Crippen LogP contribution in [0.1, 0.15) is 67.9 Å². The number of hydrogen-bond donors (Lipinski definition) is 2. The van der Waals surface area contributed by atoms with Gasteiger partial charge < -0.3 is 19.6 Å². The van der Waals surface area contributed by atoms with Crippen molar-refractivity contribution in [3.63, 3.8) is 0 Å². The van der Waals surface area contributed by atoms with E-state index in [0.29, 0.717) is 18.7 Å². The van der Waals surface area contributed by atoms with Crippen molar-refractivity contribution in [1.82, 2.24) is 5.32 Å². The number of hydrogen-bond acceptors (Lipinski definition) is 8. The fraction of sp³-hybridized carbons (Fsp3) is 0.185. The number of carbonyl (C=O) groups excluding carboxylic acids is 3. The molecule has 0 saturated carbocycles. The molecule has 4 rings (SSSR count). The molecule has 0 spiro atoms. The topological polar surface area (TPSA) is 166 Å². The smallest absolute Gasteiger partial charge is 0.341 e. The lowest BCUT2D eigenvalue weighted by Gasteiger charge is -2.18. The fourth-order valence-electron chi connectivity index (χ4n) is 4.07. The van der Waals surface area contributed by atoms with Gasteiger partial charge in [0, 0.05) is 29.2 Å². The Balaban J connectivity index is 1.67. The first-order valence-electron chi connectivity index (χ1n) is 11.7. The van der Waals surface area contributed by atoms with Crippen LogP contribution in [0.2, 0.25) is 0 Å². The molecule has 1 unspecified atom stereocenters. The number of fused-ring (bicyclic) bond motifs is 1. The summed E-state index contributed by atoms with van der Waals surface area (Å²) >= 11 is 3.89. The van der Waals surface area contributed by atoms with Crippen molar-refractivity contribution in [2.24, 2.45) is 0 Å². The summed E-state index contributed by atoms with van der Waals surface area (Å²) in [4.78, 5) is 61.5. The monoisotopic (exact) mass is 770 g/mol. The summed E-state index contributed by atoms with van der Waals surface area (Å²) < 4.78 is 12.3. The highest BCUT2D eigenvalue weighted by atomic mass is 127. The molecule has 2 N–H and O–H groups in total. The van der Waals surface area contributed by atoms with Crippen LogP contribution in [0, 0.1) is 17.3 Å². The Bertz CT molecular complexity index is 1570. The number of halogens is 2. The first-order valence-corrected chi connectivity index (χ1v) is 13.9. The van der Waals surface area contributed by atoms with Crippen LogP contribution in [-0.2, 0) is 4.79 Å². The minimum atomic E-state index is -1.14. The van der Waals surface area contributed by atoms with Gasteiger partial charge in [-0.05, 0) is 75.5 Å². The zero-order chi connectivity index (χ0) is 29.3. The Hall–Kier alpha value is -3.60. The SMILES string of the molecule is CC(C)c1oc2c(c1C(=O)c1cc(I)c(OCC(=O)O)c(I)c1)C(=O)C(NC(=O)c1ccc([N+](=O)[O-])cc1)C=C2. The molecule has 1 aliphatic rings. The van der Waals surface area contributed by atoms with E-state index in [1.165, 1.54) is 36.4 Å². The maximum Gasteiger partial charge on any atom is 0.341 e. The predicted molar refractivity (Wildman–Crippen MR) is 159 cm³/mol. The van der Waals surface area contributed by atoms with Gasteiger partial charge in [-0.1, -0.05) is 19.9 Å². The van der Waals surface area contributed by atoms with Crippen LogP contribution in [-0.4, -0.2) is 46.1 Å². The average molecular weight is 770 g/mol. The summed E-state index contributed by atoms with van der Waals surface area (Å²) in [5.41, 5.74) is 0.318. The van der Waals surface area contributed by atoms with E-state index in [9.17, 15) is 29.3 Å². The minimum Gasteiger partial charge on any atom is -0.480 e. The lowest BCUT2D eigenvalue weighted by molar-refractivity contribution is -0.384. The molecular formula is C27H20I2N2O9. The van der Waals surface area contributed by atoms with Crippen LogP contribution >= 0.6 is 45.2 Å². The van der Waals surface area contributed by atoms with Gasteiger partial charge in [-0.15, -0.1) is 0 Å². The molecule has 40 heavy (non-hydrogen) atoms. The Morgan fingerprint density at radius 2 is 1.75 bits per heavy atom. The van der Waals surface area contributed by atoms with E-state index in [2.05, 4.69) is 5.32 Å². The second-order valence-electron chi connectivity index (χ2n) is 8.99. The lowest BCUT2D eigenvalue weighted by atomic mass is 9.88. The number of benzene rings is 2. The molecule has 206 valence electrons. The molecule has 13 heteroatoms. The highest BCUT2D eigenvalue weighted by Crippen LogP contribution is 2.36. The van der Waals surface area contributed by atoms with Crippen molar-refractivity contribution < 1.29 is 38.4 Å². The summed E-state index contributed by atoms with van der Waals surface area (Å²) in [6, 6.07) is 6.93. The number of aliphatic carboxylic acids is 1. The van der Waals surface area contributed by atoms with Gasteiger partial charge >= 0.3 is 5.97 Å². The van der Waals surface area contributed by atoms with E-state index in [1.54, 1.807) is 12.1 Å². The molecule has 0 bridgehead atoms. The van der Waals surface area contributed by atoms with Crippen molar-refractivity contribution in [3.05, 3.63) is 93.5 Å². The molecule has 11 nitrogen and oxygen atoms in total. The standard InChI is InChI=1S/C27H20I2N2O9/c1-12(2)25-22(23(34)14-9-16(28)26(17(29)10-14)39-11-20(32)33)21-19(40-25)8-7-18(24(21)35)30-27(36)13-3-5-15(6-4-13)31(37)38/h3-10,12,18H,11H2,1-2H3,(H,30,36)(H,32,33). The van der Waals surface area contributed by atoms with Gasteiger partial charge in [0.05, 0.1) is 23.2 Å². The van der Waals surface area contributed by atoms with E-state index < -0.39 is 41.0 Å². The van der Waals surface area contributed by atoms with Crippen LogP contribution in [0.3, 0.4) is 0 Å². The van der Waals surface area contributed by atoms with Crippen molar-refractivity contribution in [3.8, 4) is 5.75 Å². The highest BCUT2D eigenvalue weighted by Gasteiger charge is 2.36. The summed E-state index contributed by atoms with van der Waals surface area (Å²) in [7, 11) is 0. The summed E-state index contributed by atoms with van der Waals surface area (Å²) in [5.74, 6) is -2.20. The molecular weight excluding hydrogens is 750 g/mol. The van der Waals surface area contributed by atoms with Crippen LogP contribution in [0.25, 0.3) is 6.08 Å². The zero-order valence-corrected chi connectivity index (χ0v) is 25.2. The number of nitrogens with one attached hydrogen (secondary N) is 1. The number of rotatable bonds is 9. The number of nitro benzene ring substituents is 1. The Kier molecular flexibility index (Phi) is 8.72. The molecule has 1 atom stereocenters. The van der Waals surface area contributed by atoms with Gasteiger partial charge in [-0.25, -0.2) is 4.79 Å². The lowest BCUT2D eigenvalue weighted by Crippen LogP contribution is -2.41. The Morgan fingerprint density at radius 3 is 2.30 bits per heavy atom. The number of amides is 1. The average Bonchev–Trinajstić information content (AvgIpc) is 3.30. The van der Waals surface area contributed by atoms with Crippen LogP contribution in [0.15, 0.2) is 46.9 Å². The Morgan fingerprint density at radius 1 is 1.12 bits per heavy atom. The zero-order valence-electron chi connectivity index (χ0n) is 20.9. The Labute approximate surface area is 254 Å². The number of carboxylic acids is 1. The van der Waals surface area contributed by atoms with E-state index >= 15 is 0 Å². The number of Topliss-reactive ketones (excluding diaryl/α,β-unsaturated/α-hetero) is 1. The molecule has 0 fully saturated rings. The largest absolute Gasteiger partial charge is 0.480 e. The van der Waals surface area contributed by atoms with Gasteiger partial charge in [-0.3, -0.25) is 24.5 Å². The number of furan rings is 1. The van der Waals surface area contributed by atoms with Crippen LogP contribution in [0.5, 0.6) is 5.75 Å². The first-order chi connectivity index (χ1) is 18.9. The summed E-state index contributed by atoms with van der Waals surface area (Å²) in [6.45, 7) is 3.10. The number of ether oxygens (including phenoxy) is 1. The number of nitrogens with zero attached hydrogens (tertiary/aromatic N) is 1. The van der Waals surface area contributed by atoms with Gasteiger partial charge in [-0.2, -0.15) is 0 Å². The third-order valence-electron chi connectivity index (χ3n) is 5.91. The van der Waals surface area contributed by atoms with Gasteiger partial charge in [0.25, 0.3) is 11.6 Å². The highest BCUT2D eigenvalue weighted by molar-refractivity contribution is 14.1. The minimum absolute atomic E-state index is 0.0430. The van der Waals surface area contributed by atoms with E-state index in [0.717, 1.165) is 0 Å². The third-order valence-corrected chi connectivity index (χ3v) is 7.51. The predicted octanol–water partition coefficient (Wildman–Crippen LogP) is 5.22. The number of non-ortho nitro benzene ring substituents is 1. The van der Waals surface area contributed by atoms with Crippen molar-refractivity contribution >= 4 is 80.4 Å². The molecule has 0 aliphatic heterocycles. The fourth-order valence-corrected chi connectivity index (χ4v) is 6.15. The summed E-state index contributed by atoms with van der Waals surface area (Å²) in [5, 5.41) is 22.4. The van der Waals surface area contributed by atoms with E-state index in [-0.39, 0.29) is 39.6 Å². The maximum atomic E-state index is 13.8.